The number of ether oxygens (including phenoxy) is 2. The van der Waals surface area contributed by atoms with Crippen molar-refractivity contribution in [2.24, 2.45) is 0 Å². The van der Waals surface area contributed by atoms with Crippen molar-refractivity contribution < 1.29 is 14.6 Å². The van der Waals surface area contributed by atoms with Crippen LogP contribution in [0.3, 0.4) is 0 Å². The SMILES string of the molecule is COc1ccc(N(C)C(C)(C)CO)c(OC)c1. The first-order chi connectivity index (χ1) is 7.96. The Labute approximate surface area is 103 Å². The maximum atomic E-state index is 9.38. The van der Waals surface area contributed by atoms with E-state index < -0.39 is 0 Å². The van der Waals surface area contributed by atoms with Crippen molar-refractivity contribution in [2.45, 2.75) is 19.4 Å². The molecule has 96 valence electrons. The quantitative estimate of drug-likeness (QED) is 0.852. The van der Waals surface area contributed by atoms with Gasteiger partial charge in [-0.1, -0.05) is 0 Å². The number of aliphatic hydroxyl groups excluding tert-OH is 1. The molecule has 0 aliphatic carbocycles. The van der Waals surface area contributed by atoms with E-state index in [0.717, 1.165) is 17.2 Å². The lowest BCUT2D eigenvalue weighted by molar-refractivity contribution is 0.215. The molecule has 0 aromatic heterocycles. The van der Waals surface area contributed by atoms with E-state index in [2.05, 4.69) is 0 Å². The highest BCUT2D eigenvalue weighted by atomic mass is 16.5. The summed E-state index contributed by atoms with van der Waals surface area (Å²) in [5.41, 5.74) is 0.578. The van der Waals surface area contributed by atoms with Crippen LogP contribution in [0.15, 0.2) is 18.2 Å². The smallest absolute Gasteiger partial charge is 0.145 e. The van der Waals surface area contributed by atoms with Crippen molar-refractivity contribution in [3.05, 3.63) is 18.2 Å². The summed E-state index contributed by atoms with van der Waals surface area (Å²) < 4.78 is 10.5. The fourth-order valence-corrected chi connectivity index (χ4v) is 1.49. The van der Waals surface area contributed by atoms with Crippen LogP contribution in [-0.2, 0) is 0 Å². The third-order valence-corrected chi connectivity index (χ3v) is 3.04. The molecule has 0 unspecified atom stereocenters. The summed E-state index contributed by atoms with van der Waals surface area (Å²) in [7, 11) is 5.18. The standard InChI is InChI=1S/C13H21NO3/c1-13(2,9-15)14(3)11-7-6-10(16-4)8-12(11)17-5/h6-8,15H,9H2,1-5H3. The van der Waals surface area contributed by atoms with Gasteiger partial charge in [0.15, 0.2) is 0 Å². The first kappa shape index (κ1) is 13.6. The molecule has 0 atom stereocenters. The van der Waals surface area contributed by atoms with Crippen molar-refractivity contribution in [1.29, 1.82) is 0 Å². The number of likely N-dealkylation sites (N-methyl/N-ethyl adjacent to an activating group) is 1. The van der Waals surface area contributed by atoms with Gasteiger partial charge in [-0.25, -0.2) is 0 Å². The third-order valence-electron chi connectivity index (χ3n) is 3.04. The second kappa shape index (κ2) is 5.27. The Morgan fingerprint density at radius 1 is 1.24 bits per heavy atom. The number of hydrogen-bond donors (Lipinski definition) is 1. The van der Waals surface area contributed by atoms with Gasteiger partial charge in [0.05, 0.1) is 32.1 Å². The topological polar surface area (TPSA) is 41.9 Å². The minimum Gasteiger partial charge on any atom is -0.497 e. The maximum absolute atomic E-state index is 9.38. The first-order valence-corrected chi connectivity index (χ1v) is 5.53. The zero-order chi connectivity index (χ0) is 13.1. The highest BCUT2D eigenvalue weighted by Gasteiger charge is 2.25. The molecule has 0 radical (unpaired) electrons. The van der Waals surface area contributed by atoms with Gasteiger partial charge in [-0.05, 0) is 26.0 Å². The Morgan fingerprint density at radius 3 is 2.35 bits per heavy atom. The molecule has 1 N–H and O–H groups in total. The lowest BCUT2D eigenvalue weighted by Gasteiger charge is -2.36. The molecule has 0 saturated carbocycles. The van der Waals surface area contributed by atoms with Crippen molar-refractivity contribution in [2.75, 3.05) is 32.8 Å². The van der Waals surface area contributed by atoms with Gasteiger partial charge in [-0.3, -0.25) is 0 Å². The molecule has 0 aliphatic rings. The van der Waals surface area contributed by atoms with Crippen LogP contribution < -0.4 is 14.4 Å². The second-order valence-electron chi connectivity index (χ2n) is 4.57. The van der Waals surface area contributed by atoms with Crippen LogP contribution in [0, 0.1) is 0 Å². The molecule has 0 amide bonds. The van der Waals surface area contributed by atoms with Crippen molar-refractivity contribution in [3.8, 4) is 11.5 Å². The number of benzene rings is 1. The van der Waals surface area contributed by atoms with Gasteiger partial charge in [-0.2, -0.15) is 0 Å². The van der Waals surface area contributed by atoms with Crippen LogP contribution in [0.5, 0.6) is 11.5 Å². The predicted molar refractivity (Wildman–Crippen MR) is 69.1 cm³/mol. The molecule has 0 bridgehead atoms. The van der Waals surface area contributed by atoms with Gasteiger partial charge in [0, 0.05) is 13.1 Å². The highest BCUT2D eigenvalue weighted by molar-refractivity contribution is 5.62. The molecule has 4 nitrogen and oxygen atoms in total. The third kappa shape index (κ3) is 2.82. The summed E-state index contributed by atoms with van der Waals surface area (Å²) in [6.45, 7) is 4.01. The van der Waals surface area contributed by atoms with E-state index in [1.165, 1.54) is 0 Å². The Kier molecular flexibility index (Phi) is 4.23. The van der Waals surface area contributed by atoms with Crippen LogP contribution in [-0.4, -0.2) is 38.5 Å². The first-order valence-electron chi connectivity index (χ1n) is 5.53. The Balaban J connectivity index is 3.13. The van der Waals surface area contributed by atoms with E-state index in [9.17, 15) is 5.11 Å². The Hall–Kier alpha value is -1.42. The monoisotopic (exact) mass is 239 g/mol. The fourth-order valence-electron chi connectivity index (χ4n) is 1.49. The molecule has 0 aliphatic heterocycles. The number of rotatable bonds is 5. The minimum atomic E-state index is -0.345. The number of methoxy groups -OCH3 is 2. The van der Waals surface area contributed by atoms with Crippen LogP contribution >= 0.6 is 0 Å². The molecule has 0 spiro atoms. The number of aliphatic hydroxyl groups is 1. The summed E-state index contributed by atoms with van der Waals surface area (Å²) in [5.74, 6) is 1.48. The van der Waals surface area contributed by atoms with E-state index in [0.29, 0.717) is 0 Å². The Bertz CT molecular complexity index is 377. The molecular formula is C13H21NO3. The van der Waals surface area contributed by atoms with Crippen LogP contribution in [0.4, 0.5) is 5.69 Å². The van der Waals surface area contributed by atoms with Crippen LogP contribution in [0.25, 0.3) is 0 Å². The summed E-state index contributed by atoms with van der Waals surface area (Å²) in [5, 5.41) is 9.38. The number of nitrogens with zero attached hydrogens (tertiary/aromatic N) is 1. The average Bonchev–Trinajstić information content (AvgIpc) is 2.36. The van der Waals surface area contributed by atoms with Crippen LogP contribution in [0.1, 0.15) is 13.8 Å². The number of hydrogen-bond acceptors (Lipinski definition) is 4. The van der Waals surface area contributed by atoms with Crippen molar-refractivity contribution in [3.63, 3.8) is 0 Å². The van der Waals surface area contributed by atoms with E-state index in [1.54, 1.807) is 14.2 Å². The van der Waals surface area contributed by atoms with Gasteiger partial charge >= 0.3 is 0 Å². The molecule has 17 heavy (non-hydrogen) atoms. The Morgan fingerprint density at radius 2 is 1.88 bits per heavy atom. The zero-order valence-electron chi connectivity index (χ0n) is 11.2. The zero-order valence-corrected chi connectivity index (χ0v) is 11.2. The second-order valence-corrected chi connectivity index (χ2v) is 4.57. The van der Waals surface area contributed by atoms with Crippen molar-refractivity contribution in [1.82, 2.24) is 0 Å². The van der Waals surface area contributed by atoms with E-state index >= 15 is 0 Å². The van der Waals surface area contributed by atoms with Gasteiger partial charge < -0.3 is 19.5 Å². The average molecular weight is 239 g/mol. The lowest BCUT2D eigenvalue weighted by Crippen LogP contribution is -2.44. The lowest BCUT2D eigenvalue weighted by atomic mass is 10.0. The molecule has 0 fully saturated rings. The normalized spacial score (nSPS) is 11.2. The van der Waals surface area contributed by atoms with Gasteiger partial charge in [-0.15, -0.1) is 0 Å². The molecule has 1 aromatic rings. The number of anilines is 1. The van der Waals surface area contributed by atoms with E-state index in [-0.39, 0.29) is 12.1 Å². The van der Waals surface area contributed by atoms with Gasteiger partial charge in [0.2, 0.25) is 0 Å². The molecule has 0 heterocycles. The highest BCUT2D eigenvalue weighted by Crippen LogP contribution is 2.34. The van der Waals surface area contributed by atoms with E-state index in [1.807, 2.05) is 44.0 Å². The molecule has 4 heteroatoms. The van der Waals surface area contributed by atoms with E-state index in [4.69, 9.17) is 9.47 Å². The summed E-state index contributed by atoms with van der Waals surface area (Å²) in [6, 6.07) is 5.64. The summed E-state index contributed by atoms with van der Waals surface area (Å²) in [6.07, 6.45) is 0. The largest absolute Gasteiger partial charge is 0.497 e. The van der Waals surface area contributed by atoms with Gasteiger partial charge in [0.25, 0.3) is 0 Å². The predicted octanol–water partition coefficient (Wildman–Crippen LogP) is 1.91. The molecule has 1 aromatic carbocycles. The summed E-state index contributed by atoms with van der Waals surface area (Å²) >= 11 is 0. The van der Waals surface area contributed by atoms with Gasteiger partial charge in [0.1, 0.15) is 11.5 Å². The maximum Gasteiger partial charge on any atom is 0.145 e. The minimum absolute atomic E-state index is 0.0681. The molecular weight excluding hydrogens is 218 g/mol. The fraction of sp³-hybridized carbons (Fsp3) is 0.538. The van der Waals surface area contributed by atoms with Crippen LogP contribution in [0.2, 0.25) is 0 Å². The van der Waals surface area contributed by atoms with Crippen molar-refractivity contribution >= 4 is 5.69 Å². The molecule has 0 saturated heterocycles. The molecule has 1 rings (SSSR count). The summed E-state index contributed by atoms with van der Waals surface area (Å²) in [4.78, 5) is 1.99.